The van der Waals surface area contributed by atoms with Gasteiger partial charge in [-0.3, -0.25) is 14.6 Å². The molecule has 4 rings (SSSR count). The van der Waals surface area contributed by atoms with Crippen LogP contribution in [0.25, 0.3) is 10.9 Å². The lowest BCUT2D eigenvalue weighted by Gasteiger charge is -2.13. The lowest BCUT2D eigenvalue weighted by molar-refractivity contribution is 0.0948. The molecule has 0 aliphatic carbocycles. The van der Waals surface area contributed by atoms with E-state index in [1.807, 2.05) is 25.1 Å². The summed E-state index contributed by atoms with van der Waals surface area (Å²) in [5, 5.41) is 3.16. The fourth-order valence-corrected chi connectivity index (χ4v) is 3.23. The molecule has 0 saturated carbocycles. The summed E-state index contributed by atoms with van der Waals surface area (Å²) in [6, 6.07) is 8.93. The highest BCUT2D eigenvalue weighted by molar-refractivity contribution is 5.97. The number of carbonyl (C=O) groups excluding carboxylic acids is 1. The van der Waals surface area contributed by atoms with Crippen molar-refractivity contribution in [2.75, 3.05) is 13.3 Å². The zero-order valence-electron chi connectivity index (χ0n) is 15.4. The van der Waals surface area contributed by atoms with Crippen LogP contribution in [0.3, 0.4) is 0 Å². The van der Waals surface area contributed by atoms with Gasteiger partial charge in [0, 0.05) is 31.0 Å². The molecule has 3 heterocycles. The van der Waals surface area contributed by atoms with Crippen LogP contribution in [-0.4, -0.2) is 28.8 Å². The molecule has 1 aliphatic rings. The van der Waals surface area contributed by atoms with Gasteiger partial charge in [-0.1, -0.05) is 6.07 Å². The van der Waals surface area contributed by atoms with Crippen LogP contribution >= 0.6 is 0 Å². The van der Waals surface area contributed by atoms with Crippen molar-refractivity contribution in [3.05, 3.63) is 63.7 Å². The first-order valence-electron chi connectivity index (χ1n) is 8.94. The second-order valence-corrected chi connectivity index (χ2v) is 6.53. The van der Waals surface area contributed by atoms with Crippen molar-refractivity contribution in [1.29, 1.82) is 0 Å². The molecule has 3 N–H and O–H groups in total. The molecule has 2 aromatic heterocycles. The molecule has 0 spiro atoms. The molecule has 0 radical (unpaired) electrons. The first kappa shape index (κ1) is 18.0. The maximum atomic E-state index is 13.0. The number of fused-ring (bicyclic) bond motifs is 2. The summed E-state index contributed by atoms with van der Waals surface area (Å²) in [7, 11) is 0. The van der Waals surface area contributed by atoms with E-state index in [9.17, 15) is 9.59 Å². The SMILES string of the molecule is Cc1cccc(CNC(=O)c2cn(CCN)c3cc4c(cc3c2=O)OCO4)n1. The molecule has 1 aliphatic heterocycles. The van der Waals surface area contributed by atoms with E-state index in [1.165, 1.54) is 0 Å². The van der Waals surface area contributed by atoms with Crippen molar-refractivity contribution < 1.29 is 14.3 Å². The van der Waals surface area contributed by atoms with Crippen molar-refractivity contribution >= 4 is 16.8 Å². The third-order valence-electron chi connectivity index (χ3n) is 4.57. The molecule has 8 heteroatoms. The summed E-state index contributed by atoms with van der Waals surface area (Å²) < 4.78 is 12.6. The number of rotatable bonds is 5. The summed E-state index contributed by atoms with van der Waals surface area (Å²) in [5.74, 6) is 0.601. The number of nitrogens with two attached hydrogens (primary N) is 1. The second-order valence-electron chi connectivity index (χ2n) is 6.53. The van der Waals surface area contributed by atoms with Gasteiger partial charge in [0.15, 0.2) is 11.5 Å². The van der Waals surface area contributed by atoms with Crippen molar-refractivity contribution in [1.82, 2.24) is 14.9 Å². The third kappa shape index (κ3) is 3.29. The standard InChI is InChI=1S/C20H20N4O4/c1-12-3-2-4-13(23-12)9-22-20(26)15-10-24(6-5-21)16-8-18-17(27-11-28-18)7-14(16)19(15)25/h2-4,7-8,10H,5-6,9,11,21H2,1H3,(H,22,26). The van der Waals surface area contributed by atoms with Crippen LogP contribution in [0, 0.1) is 6.92 Å². The third-order valence-corrected chi connectivity index (χ3v) is 4.57. The monoisotopic (exact) mass is 380 g/mol. The number of pyridine rings is 2. The van der Waals surface area contributed by atoms with Gasteiger partial charge in [0.2, 0.25) is 12.2 Å². The van der Waals surface area contributed by atoms with E-state index in [4.69, 9.17) is 15.2 Å². The Hall–Kier alpha value is -3.39. The van der Waals surface area contributed by atoms with Crippen LogP contribution in [-0.2, 0) is 13.1 Å². The van der Waals surface area contributed by atoms with E-state index in [2.05, 4.69) is 10.3 Å². The average Bonchev–Trinajstić information content (AvgIpc) is 3.15. The number of nitrogens with zero attached hydrogens (tertiary/aromatic N) is 2. The first-order chi connectivity index (χ1) is 13.6. The van der Waals surface area contributed by atoms with Crippen LogP contribution in [0.15, 0.2) is 41.3 Å². The fraction of sp³-hybridized carbons (Fsp3) is 0.250. The predicted octanol–water partition coefficient (Wildman–Crippen LogP) is 1.32. The Morgan fingerprint density at radius 2 is 2.07 bits per heavy atom. The molecule has 1 aromatic carbocycles. The molecular weight excluding hydrogens is 360 g/mol. The van der Waals surface area contributed by atoms with E-state index in [1.54, 1.807) is 22.9 Å². The topological polar surface area (TPSA) is 108 Å². The maximum absolute atomic E-state index is 13.0. The normalized spacial score (nSPS) is 12.4. The Bertz CT molecular complexity index is 1120. The van der Waals surface area contributed by atoms with E-state index in [-0.39, 0.29) is 24.3 Å². The van der Waals surface area contributed by atoms with Crippen molar-refractivity contribution in [3.63, 3.8) is 0 Å². The van der Waals surface area contributed by atoms with Crippen molar-refractivity contribution in [2.45, 2.75) is 20.0 Å². The van der Waals surface area contributed by atoms with Gasteiger partial charge in [-0.05, 0) is 25.1 Å². The second kappa shape index (κ2) is 7.32. The van der Waals surface area contributed by atoms with Crippen molar-refractivity contribution in [3.8, 4) is 11.5 Å². The predicted molar refractivity (Wildman–Crippen MR) is 104 cm³/mol. The highest BCUT2D eigenvalue weighted by Crippen LogP contribution is 2.35. The molecule has 0 bridgehead atoms. The van der Waals surface area contributed by atoms with E-state index < -0.39 is 5.91 Å². The summed E-state index contributed by atoms with van der Waals surface area (Å²) in [5.41, 5.74) is 7.63. The van der Waals surface area contributed by atoms with Crippen LogP contribution in [0.1, 0.15) is 21.7 Å². The quantitative estimate of drug-likeness (QED) is 0.691. The molecule has 8 nitrogen and oxygen atoms in total. The van der Waals surface area contributed by atoms with Gasteiger partial charge in [0.05, 0.1) is 23.1 Å². The highest BCUT2D eigenvalue weighted by Gasteiger charge is 2.20. The molecule has 1 amide bonds. The first-order valence-corrected chi connectivity index (χ1v) is 8.94. The van der Waals surface area contributed by atoms with Gasteiger partial charge in [-0.15, -0.1) is 0 Å². The zero-order valence-corrected chi connectivity index (χ0v) is 15.4. The van der Waals surface area contributed by atoms with Gasteiger partial charge in [0.25, 0.3) is 5.91 Å². The van der Waals surface area contributed by atoms with Gasteiger partial charge in [0.1, 0.15) is 5.56 Å². The minimum absolute atomic E-state index is 0.0486. The molecule has 28 heavy (non-hydrogen) atoms. The van der Waals surface area contributed by atoms with E-state index >= 15 is 0 Å². The Morgan fingerprint density at radius 1 is 1.29 bits per heavy atom. The number of hydrogen-bond acceptors (Lipinski definition) is 6. The lowest BCUT2D eigenvalue weighted by atomic mass is 10.1. The number of carbonyl (C=O) groups is 1. The average molecular weight is 380 g/mol. The number of aromatic nitrogens is 2. The lowest BCUT2D eigenvalue weighted by Crippen LogP contribution is -2.30. The number of ether oxygens (including phenoxy) is 2. The minimum atomic E-state index is -0.460. The van der Waals surface area contributed by atoms with Gasteiger partial charge >= 0.3 is 0 Å². The zero-order chi connectivity index (χ0) is 19.7. The Kier molecular flexibility index (Phi) is 4.70. The highest BCUT2D eigenvalue weighted by atomic mass is 16.7. The largest absolute Gasteiger partial charge is 0.454 e. The molecule has 3 aromatic rings. The smallest absolute Gasteiger partial charge is 0.257 e. The Labute approximate surface area is 160 Å². The van der Waals surface area contributed by atoms with Crippen LogP contribution in [0.5, 0.6) is 11.5 Å². The molecule has 0 saturated heterocycles. The number of benzene rings is 1. The van der Waals surface area contributed by atoms with E-state index in [0.29, 0.717) is 35.5 Å². The number of nitrogens with one attached hydrogen (secondary N) is 1. The Balaban J connectivity index is 1.71. The number of aryl methyl sites for hydroxylation is 1. The summed E-state index contributed by atoms with van der Waals surface area (Å²) in [4.78, 5) is 30.0. The van der Waals surface area contributed by atoms with Crippen molar-refractivity contribution in [2.24, 2.45) is 5.73 Å². The minimum Gasteiger partial charge on any atom is -0.454 e. The fourth-order valence-electron chi connectivity index (χ4n) is 3.23. The van der Waals surface area contributed by atoms with Crippen LogP contribution in [0.4, 0.5) is 0 Å². The van der Waals surface area contributed by atoms with Crippen LogP contribution < -0.4 is 26.0 Å². The Morgan fingerprint density at radius 3 is 2.82 bits per heavy atom. The van der Waals surface area contributed by atoms with Crippen LogP contribution in [0.2, 0.25) is 0 Å². The summed E-state index contributed by atoms with van der Waals surface area (Å²) in [6.07, 6.45) is 1.54. The van der Waals surface area contributed by atoms with E-state index in [0.717, 1.165) is 11.4 Å². The summed E-state index contributed by atoms with van der Waals surface area (Å²) >= 11 is 0. The molecule has 0 unspecified atom stereocenters. The molecule has 144 valence electrons. The molecule has 0 fully saturated rings. The van der Waals surface area contributed by atoms with Gasteiger partial charge in [-0.2, -0.15) is 0 Å². The maximum Gasteiger partial charge on any atom is 0.257 e. The summed E-state index contributed by atoms with van der Waals surface area (Å²) in [6.45, 7) is 3.03. The number of hydrogen-bond donors (Lipinski definition) is 2. The number of amides is 1. The molecule has 0 atom stereocenters. The van der Waals surface area contributed by atoms with Gasteiger partial charge < -0.3 is 25.1 Å². The van der Waals surface area contributed by atoms with Gasteiger partial charge in [-0.25, -0.2) is 0 Å². The molecular formula is C20H20N4O4.